The van der Waals surface area contributed by atoms with Crippen molar-refractivity contribution in [2.45, 2.75) is 6.04 Å². The van der Waals surface area contributed by atoms with Gasteiger partial charge < -0.3 is 24.4 Å². The second-order valence-electron chi connectivity index (χ2n) is 5.92. The number of hydrazine groups is 1. The largest absolute Gasteiger partial charge is 0.497 e. The molecule has 0 saturated carbocycles. The average molecular weight is 368 g/mol. The van der Waals surface area contributed by atoms with Crippen LogP contribution in [0.15, 0.2) is 54.2 Å². The Kier molecular flexibility index (Phi) is 5.88. The van der Waals surface area contributed by atoms with Crippen LogP contribution in [0.5, 0.6) is 23.0 Å². The minimum absolute atomic E-state index is 0.0399. The van der Waals surface area contributed by atoms with Gasteiger partial charge in [-0.05, 0) is 54.6 Å². The highest BCUT2D eigenvalue weighted by atomic mass is 16.5. The number of hydrogen-bond donors (Lipinski definition) is 2. The van der Waals surface area contributed by atoms with Crippen molar-refractivity contribution < 1.29 is 18.9 Å². The van der Waals surface area contributed by atoms with E-state index in [4.69, 9.17) is 18.9 Å². The van der Waals surface area contributed by atoms with Crippen LogP contribution >= 0.6 is 0 Å². The third-order valence-corrected chi connectivity index (χ3v) is 4.37. The highest BCUT2D eigenvalue weighted by molar-refractivity contribution is 5.62. The lowest BCUT2D eigenvalue weighted by molar-refractivity contribution is 0.394. The zero-order chi connectivity index (χ0) is 19.2. The molecule has 0 fully saturated rings. The number of rotatable bonds is 7. The molecule has 0 amide bonds. The molecule has 27 heavy (non-hydrogen) atoms. The highest BCUT2D eigenvalue weighted by Gasteiger charge is 2.19. The summed E-state index contributed by atoms with van der Waals surface area (Å²) in [5, 5.41) is 0. The molecule has 2 aromatic carbocycles. The second-order valence-corrected chi connectivity index (χ2v) is 5.92. The molecule has 1 heterocycles. The molecule has 0 aliphatic carbocycles. The molecule has 0 spiro atoms. The van der Waals surface area contributed by atoms with E-state index in [1.54, 1.807) is 28.4 Å². The van der Waals surface area contributed by atoms with Crippen molar-refractivity contribution >= 4 is 6.08 Å². The lowest BCUT2D eigenvalue weighted by atomic mass is 10.1. The molecular formula is C21H24N2O4. The summed E-state index contributed by atoms with van der Waals surface area (Å²) in [7, 11) is 6.61. The van der Waals surface area contributed by atoms with Crippen molar-refractivity contribution in [1.82, 2.24) is 10.9 Å². The van der Waals surface area contributed by atoms with E-state index in [1.165, 1.54) is 0 Å². The van der Waals surface area contributed by atoms with Gasteiger partial charge in [0.1, 0.15) is 23.0 Å². The Morgan fingerprint density at radius 2 is 1.44 bits per heavy atom. The van der Waals surface area contributed by atoms with Crippen molar-refractivity contribution in [3.05, 3.63) is 65.4 Å². The van der Waals surface area contributed by atoms with Crippen LogP contribution in [0.3, 0.4) is 0 Å². The molecule has 0 saturated heterocycles. The van der Waals surface area contributed by atoms with Crippen LogP contribution < -0.4 is 29.8 Å². The molecule has 142 valence electrons. The van der Waals surface area contributed by atoms with Crippen LogP contribution in [-0.2, 0) is 0 Å². The molecule has 1 atom stereocenters. The van der Waals surface area contributed by atoms with E-state index in [1.807, 2.05) is 48.6 Å². The lowest BCUT2D eigenvalue weighted by Crippen LogP contribution is -2.26. The molecule has 6 nitrogen and oxygen atoms in total. The summed E-state index contributed by atoms with van der Waals surface area (Å²) in [5.41, 5.74) is 9.30. The summed E-state index contributed by atoms with van der Waals surface area (Å²) in [5.74, 6) is 3.14. The normalized spacial score (nSPS) is 16.0. The number of ether oxygens (including phenoxy) is 4. The minimum Gasteiger partial charge on any atom is -0.497 e. The molecule has 3 rings (SSSR count). The maximum Gasteiger partial charge on any atom is 0.126 e. The van der Waals surface area contributed by atoms with Gasteiger partial charge in [0.05, 0.1) is 34.5 Å². The zero-order valence-corrected chi connectivity index (χ0v) is 15.9. The van der Waals surface area contributed by atoms with Gasteiger partial charge in [-0.15, -0.1) is 0 Å². The zero-order valence-electron chi connectivity index (χ0n) is 15.9. The first-order valence-corrected chi connectivity index (χ1v) is 8.54. The molecule has 6 heteroatoms. The fraction of sp³-hybridized carbons (Fsp3) is 0.238. The Balaban J connectivity index is 1.84. The van der Waals surface area contributed by atoms with Gasteiger partial charge in [-0.3, -0.25) is 0 Å². The molecule has 1 aliphatic rings. The summed E-state index contributed by atoms with van der Waals surface area (Å²) in [6, 6.07) is 11.4. The first-order chi connectivity index (χ1) is 13.2. The van der Waals surface area contributed by atoms with E-state index in [-0.39, 0.29) is 6.04 Å². The summed E-state index contributed by atoms with van der Waals surface area (Å²) in [6.07, 6.45) is 6.05. The van der Waals surface area contributed by atoms with Crippen molar-refractivity contribution in [2.75, 3.05) is 28.4 Å². The van der Waals surface area contributed by atoms with Crippen LogP contribution in [0.25, 0.3) is 6.08 Å². The molecule has 2 N–H and O–H groups in total. The van der Waals surface area contributed by atoms with Crippen molar-refractivity contribution in [1.29, 1.82) is 0 Å². The summed E-state index contributed by atoms with van der Waals surface area (Å²) in [6.45, 7) is 0. The quantitative estimate of drug-likeness (QED) is 0.780. The summed E-state index contributed by atoms with van der Waals surface area (Å²) >= 11 is 0. The Morgan fingerprint density at radius 3 is 2.11 bits per heavy atom. The van der Waals surface area contributed by atoms with E-state index < -0.39 is 0 Å². The van der Waals surface area contributed by atoms with Crippen LogP contribution in [0.2, 0.25) is 0 Å². The molecule has 0 radical (unpaired) electrons. The van der Waals surface area contributed by atoms with Gasteiger partial charge in [0.15, 0.2) is 0 Å². The highest BCUT2D eigenvalue weighted by Crippen LogP contribution is 2.32. The van der Waals surface area contributed by atoms with Crippen LogP contribution in [0, 0.1) is 0 Å². The Labute approximate surface area is 159 Å². The third-order valence-electron chi connectivity index (χ3n) is 4.37. The van der Waals surface area contributed by atoms with Gasteiger partial charge in [-0.2, -0.15) is 0 Å². The van der Waals surface area contributed by atoms with Gasteiger partial charge in [0.25, 0.3) is 0 Å². The Hall–Kier alpha value is -3.12. The Bertz CT molecular complexity index is 861. The molecular weight excluding hydrogens is 344 g/mol. The van der Waals surface area contributed by atoms with Crippen molar-refractivity contribution in [3.8, 4) is 23.0 Å². The molecule has 2 aromatic rings. The SMILES string of the molecule is COc1ccc(OC)c(C=CC2=CC(c3cc(OC)ccc3OC)NN2)c1. The van der Waals surface area contributed by atoms with Gasteiger partial charge >= 0.3 is 0 Å². The Morgan fingerprint density at radius 1 is 0.778 bits per heavy atom. The van der Waals surface area contributed by atoms with Crippen LogP contribution in [0.4, 0.5) is 0 Å². The predicted molar refractivity (Wildman–Crippen MR) is 105 cm³/mol. The second kappa shape index (κ2) is 8.51. The van der Waals surface area contributed by atoms with Crippen LogP contribution in [-0.4, -0.2) is 28.4 Å². The lowest BCUT2D eigenvalue weighted by Gasteiger charge is -2.14. The standard InChI is InChI=1S/C21H24N2O4/c1-24-16-7-9-20(26-3)14(11-16)5-6-15-12-19(23-22-15)18-13-17(25-2)8-10-21(18)27-4/h5-13,19,22-23H,1-4H3. The molecule has 1 aliphatic heterocycles. The maximum atomic E-state index is 5.48. The van der Waals surface area contributed by atoms with E-state index in [0.717, 1.165) is 39.8 Å². The predicted octanol–water partition coefficient (Wildman–Crippen LogP) is 3.47. The monoisotopic (exact) mass is 368 g/mol. The van der Waals surface area contributed by atoms with E-state index in [0.29, 0.717) is 0 Å². The van der Waals surface area contributed by atoms with E-state index >= 15 is 0 Å². The van der Waals surface area contributed by atoms with Crippen molar-refractivity contribution in [3.63, 3.8) is 0 Å². The van der Waals surface area contributed by atoms with Gasteiger partial charge in [-0.1, -0.05) is 0 Å². The maximum absolute atomic E-state index is 5.48. The number of allylic oxidation sites excluding steroid dienone is 1. The first kappa shape index (κ1) is 18.7. The summed E-state index contributed by atoms with van der Waals surface area (Å²) < 4.78 is 21.5. The van der Waals surface area contributed by atoms with Crippen molar-refractivity contribution in [2.24, 2.45) is 0 Å². The number of hydrogen-bond acceptors (Lipinski definition) is 6. The fourth-order valence-electron chi connectivity index (χ4n) is 2.92. The van der Waals surface area contributed by atoms with Gasteiger partial charge in [0.2, 0.25) is 0 Å². The van der Waals surface area contributed by atoms with E-state index in [9.17, 15) is 0 Å². The topological polar surface area (TPSA) is 61.0 Å². The molecule has 1 unspecified atom stereocenters. The molecule has 0 bridgehead atoms. The number of benzene rings is 2. The van der Waals surface area contributed by atoms with Gasteiger partial charge in [0, 0.05) is 16.8 Å². The average Bonchev–Trinajstić information content (AvgIpc) is 3.20. The van der Waals surface area contributed by atoms with Crippen LogP contribution in [0.1, 0.15) is 17.2 Å². The first-order valence-electron chi connectivity index (χ1n) is 8.54. The summed E-state index contributed by atoms with van der Waals surface area (Å²) in [4.78, 5) is 0. The minimum atomic E-state index is -0.0399. The van der Waals surface area contributed by atoms with Gasteiger partial charge in [-0.25, -0.2) is 5.43 Å². The fourth-order valence-corrected chi connectivity index (χ4v) is 2.92. The smallest absolute Gasteiger partial charge is 0.126 e. The molecule has 0 aromatic heterocycles. The number of methoxy groups -OCH3 is 4. The van der Waals surface area contributed by atoms with E-state index in [2.05, 4.69) is 16.9 Å². The third kappa shape index (κ3) is 4.17. The number of nitrogens with one attached hydrogen (secondary N) is 2.